The number of hydrogen-bond acceptors (Lipinski definition) is 6. The van der Waals surface area contributed by atoms with E-state index < -0.39 is 9.84 Å². The Labute approximate surface area is 148 Å². The maximum atomic E-state index is 12.3. The number of nitrogens with zero attached hydrogens (tertiary/aromatic N) is 3. The topological polar surface area (TPSA) is 103 Å². The van der Waals surface area contributed by atoms with E-state index in [1.807, 2.05) is 0 Å². The third-order valence-electron chi connectivity index (χ3n) is 3.12. The number of hydrogen-bond donors (Lipinski definition) is 1. The van der Waals surface area contributed by atoms with Crippen molar-refractivity contribution in [2.24, 2.45) is 0 Å². The first-order valence-corrected chi connectivity index (χ1v) is 9.52. The summed E-state index contributed by atoms with van der Waals surface area (Å²) in [4.78, 5) is 11.9. The Morgan fingerprint density at radius 2 is 2.04 bits per heavy atom. The van der Waals surface area contributed by atoms with Gasteiger partial charge in [-0.05, 0) is 24.3 Å². The van der Waals surface area contributed by atoms with Crippen LogP contribution in [0.15, 0.2) is 40.2 Å². The van der Waals surface area contributed by atoms with Gasteiger partial charge < -0.3 is 14.6 Å². The third-order valence-corrected chi connectivity index (χ3v) is 5.26. The van der Waals surface area contributed by atoms with Crippen LogP contribution in [-0.2, 0) is 25.9 Å². The van der Waals surface area contributed by atoms with E-state index in [1.165, 1.54) is 18.0 Å². The van der Waals surface area contributed by atoms with Gasteiger partial charge in [-0.25, -0.2) is 8.42 Å². The number of aromatic nitrogens is 3. The number of benzene rings is 1. The second-order valence-corrected chi connectivity index (χ2v) is 7.84. The van der Waals surface area contributed by atoms with Crippen LogP contribution in [0.2, 0.25) is 0 Å². The molecule has 0 aliphatic heterocycles. The summed E-state index contributed by atoms with van der Waals surface area (Å²) < 4.78 is 31.9. The number of carbonyl (C=O) groups is 1. The number of rotatable bonds is 8. The van der Waals surface area contributed by atoms with Crippen molar-refractivity contribution in [2.75, 3.05) is 24.8 Å². The Hall–Kier alpha value is -1.78. The van der Waals surface area contributed by atoms with Gasteiger partial charge in [0.25, 0.3) is 0 Å². The first-order chi connectivity index (χ1) is 11.4. The highest BCUT2D eigenvalue weighted by molar-refractivity contribution is 9.10. The number of ether oxygens (including phenoxy) is 1. The predicted molar refractivity (Wildman–Crippen MR) is 91.3 cm³/mol. The lowest BCUT2D eigenvalue weighted by Crippen LogP contribution is -2.20. The van der Waals surface area contributed by atoms with Gasteiger partial charge in [0.2, 0.25) is 20.9 Å². The van der Waals surface area contributed by atoms with Crippen molar-refractivity contribution in [3.05, 3.63) is 35.1 Å². The highest BCUT2D eigenvalue weighted by Gasteiger charge is 2.22. The molecule has 0 saturated heterocycles. The molecule has 1 aromatic heterocycles. The summed E-state index contributed by atoms with van der Waals surface area (Å²) in [7, 11) is -2.19. The smallest absolute Gasteiger partial charge is 0.249 e. The molecular weight excluding hydrogens is 400 g/mol. The third kappa shape index (κ3) is 5.11. The molecule has 0 unspecified atom stereocenters. The zero-order chi connectivity index (χ0) is 17.6. The van der Waals surface area contributed by atoms with Crippen molar-refractivity contribution in [1.29, 1.82) is 0 Å². The lowest BCUT2D eigenvalue weighted by atomic mass is 10.3. The highest BCUT2D eigenvalue weighted by Crippen LogP contribution is 2.15. The van der Waals surface area contributed by atoms with Crippen LogP contribution in [0.25, 0.3) is 0 Å². The van der Waals surface area contributed by atoms with Gasteiger partial charge in [-0.1, -0.05) is 15.9 Å². The highest BCUT2D eigenvalue weighted by atomic mass is 79.9. The summed E-state index contributed by atoms with van der Waals surface area (Å²) in [5.74, 6) is -0.732. The fraction of sp³-hybridized carbons (Fsp3) is 0.357. The van der Waals surface area contributed by atoms with Crippen molar-refractivity contribution < 1.29 is 17.9 Å². The van der Waals surface area contributed by atoms with E-state index in [0.717, 1.165) is 4.47 Å². The van der Waals surface area contributed by atoms with Crippen LogP contribution in [0.1, 0.15) is 6.42 Å². The maximum absolute atomic E-state index is 12.3. The number of nitrogens with one attached hydrogen (secondary N) is 1. The number of anilines is 1. The van der Waals surface area contributed by atoms with Crippen molar-refractivity contribution in [3.63, 3.8) is 0 Å². The molecule has 130 valence electrons. The number of amides is 1. The molecule has 0 aliphatic rings. The second-order valence-electron chi connectivity index (χ2n) is 4.92. The first kappa shape index (κ1) is 18.6. The fourth-order valence-corrected chi connectivity index (χ4v) is 3.47. The van der Waals surface area contributed by atoms with Gasteiger partial charge >= 0.3 is 0 Å². The fourth-order valence-electron chi connectivity index (χ4n) is 1.90. The van der Waals surface area contributed by atoms with E-state index >= 15 is 0 Å². The lowest BCUT2D eigenvalue weighted by Gasteiger charge is -2.08. The van der Waals surface area contributed by atoms with E-state index in [1.54, 1.807) is 24.3 Å². The Morgan fingerprint density at radius 1 is 1.33 bits per heavy atom. The monoisotopic (exact) mass is 416 g/mol. The molecule has 0 fully saturated rings. The zero-order valence-corrected chi connectivity index (χ0v) is 15.4. The number of methoxy groups -OCH3 is 1. The number of halogens is 1. The van der Waals surface area contributed by atoms with E-state index in [4.69, 9.17) is 4.74 Å². The van der Waals surface area contributed by atoms with E-state index in [0.29, 0.717) is 18.8 Å². The molecule has 1 N–H and O–H groups in total. The maximum Gasteiger partial charge on any atom is 0.249 e. The van der Waals surface area contributed by atoms with Crippen LogP contribution < -0.4 is 5.32 Å². The second kappa shape index (κ2) is 8.36. The molecule has 1 heterocycles. The van der Waals surface area contributed by atoms with Crippen molar-refractivity contribution in [1.82, 2.24) is 14.8 Å². The van der Waals surface area contributed by atoms with Gasteiger partial charge in [-0.15, -0.1) is 10.2 Å². The number of sulfone groups is 1. The van der Waals surface area contributed by atoms with Gasteiger partial charge in [-0.3, -0.25) is 4.79 Å². The molecular formula is C14H17BrN4O4S. The first-order valence-electron chi connectivity index (χ1n) is 7.07. The van der Waals surface area contributed by atoms with E-state index in [2.05, 4.69) is 31.4 Å². The molecule has 2 rings (SSSR count). The van der Waals surface area contributed by atoms with Crippen molar-refractivity contribution >= 4 is 37.4 Å². The standard InChI is InChI=1S/C14H17BrN4O4S/c1-23-8-7-19-10-16-18-14(19)24(21,22)9-6-13(20)17-12-4-2-11(15)3-5-12/h2-5,10H,6-9H2,1H3,(H,17,20). The molecule has 0 aliphatic carbocycles. The Balaban J connectivity index is 1.96. The lowest BCUT2D eigenvalue weighted by molar-refractivity contribution is -0.115. The summed E-state index contributed by atoms with van der Waals surface area (Å²) in [6, 6.07) is 7.00. The zero-order valence-electron chi connectivity index (χ0n) is 13.0. The average molecular weight is 417 g/mol. The molecule has 8 nitrogen and oxygen atoms in total. The molecule has 0 atom stereocenters. The normalized spacial score (nSPS) is 11.4. The largest absolute Gasteiger partial charge is 0.383 e. The van der Waals surface area contributed by atoms with Crippen LogP contribution >= 0.6 is 15.9 Å². The summed E-state index contributed by atoms with van der Waals surface area (Å²) in [5.41, 5.74) is 0.601. The quantitative estimate of drug-likeness (QED) is 0.698. The molecule has 10 heteroatoms. The summed E-state index contributed by atoms with van der Waals surface area (Å²) in [5, 5.41) is 9.75. The minimum Gasteiger partial charge on any atom is -0.383 e. The van der Waals surface area contributed by atoms with Crippen LogP contribution in [0.3, 0.4) is 0 Å². The molecule has 24 heavy (non-hydrogen) atoms. The van der Waals surface area contributed by atoms with E-state index in [-0.39, 0.29) is 23.2 Å². The Kier molecular flexibility index (Phi) is 6.46. The van der Waals surface area contributed by atoms with Crippen LogP contribution in [0.4, 0.5) is 5.69 Å². The molecule has 0 spiro atoms. The van der Waals surface area contributed by atoms with Crippen molar-refractivity contribution in [2.45, 2.75) is 18.1 Å². The Bertz CT molecular complexity index is 789. The van der Waals surface area contributed by atoms with Gasteiger partial charge in [0.05, 0.1) is 12.4 Å². The van der Waals surface area contributed by atoms with Crippen LogP contribution in [-0.4, -0.2) is 48.6 Å². The predicted octanol–water partition coefficient (Wildman–Crippen LogP) is 1.49. The van der Waals surface area contributed by atoms with Gasteiger partial charge in [0.1, 0.15) is 6.33 Å². The van der Waals surface area contributed by atoms with Crippen LogP contribution in [0, 0.1) is 0 Å². The molecule has 1 amide bonds. The van der Waals surface area contributed by atoms with Gasteiger partial charge in [0, 0.05) is 30.2 Å². The van der Waals surface area contributed by atoms with Crippen molar-refractivity contribution in [3.8, 4) is 0 Å². The molecule has 0 bridgehead atoms. The molecule has 2 aromatic rings. The summed E-state index contributed by atoms with van der Waals surface area (Å²) in [6.45, 7) is 0.660. The molecule has 0 radical (unpaired) electrons. The van der Waals surface area contributed by atoms with Crippen LogP contribution in [0.5, 0.6) is 0 Å². The van der Waals surface area contributed by atoms with Gasteiger partial charge in [0.15, 0.2) is 0 Å². The average Bonchev–Trinajstić information content (AvgIpc) is 3.03. The molecule has 1 aromatic carbocycles. The SMILES string of the molecule is COCCn1cnnc1S(=O)(=O)CCC(=O)Nc1ccc(Br)cc1. The van der Waals surface area contributed by atoms with Gasteiger partial charge in [-0.2, -0.15) is 0 Å². The summed E-state index contributed by atoms with van der Waals surface area (Å²) in [6.07, 6.45) is 1.16. The minimum absolute atomic E-state index is 0.156. The minimum atomic E-state index is -3.71. The molecule has 0 saturated carbocycles. The van der Waals surface area contributed by atoms with E-state index in [9.17, 15) is 13.2 Å². The summed E-state index contributed by atoms with van der Waals surface area (Å²) >= 11 is 3.30. The Morgan fingerprint density at radius 3 is 2.71 bits per heavy atom. The number of carbonyl (C=O) groups excluding carboxylic acids is 1.